The molecule has 10 heteroatoms. The zero-order valence-electron chi connectivity index (χ0n) is 58.9. The first-order chi connectivity index (χ1) is 43.5. The average Bonchev–Trinajstić information content (AvgIpc) is 3.60. The van der Waals surface area contributed by atoms with Gasteiger partial charge >= 0.3 is 11.9 Å². The molecule has 0 bridgehead atoms. The normalized spacial score (nSPS) is 13.6. The molecule has 0 radical (unpaired) electrons. The molecule has 0 saturated carbocycles. The first kappa shape index (κ1) is 85.9. The van der Waals surface area contributed by atoms with Crippen LogP contribution in [-0.4, -0.2) is 70.0 Å². The summed E-state index contributed by atoms with van der Waals surface area (Å²) in [7, 11) is 1.17. The number of quaternary nitrogens is 1. The summed E-state index contributed by atoms with van der Waals surface area (Å²) in [5.41, 5.74) is 0. The number of allylic oxidation sites excluding steroid dienone is 16. The third kappa shape index (κ3) is 73.9. The van der Waals surface area contributed by atoms with Crippen LogP contribution in [0, 0.1) is 0 Å². The second kappa shape index (κ2) is 69.3. The minimum Gasteiger partial charge on any atom is -0.756 e. The van der Waals surface area contributed by atoms with Gasteiger partial charge in [0.2, 0.25) is 0 Å². The van der Waals surface area contributed by atoms with Crippen molar-refractivity contribution in [1.82, 2.24) is 0 Å². The van der Waals surface area contributed by atoms with Crippen molar-refractivity contribution in [3.05, 3.63) is 97.2 Å². The Bertz CT molecular complexity index is 1820. The highest BCUT2D eigenvalue weighted by Crippen LogP contribution is 2.38. The second-order valence-electron chi connectivity index (χ2n) is 26.3. The number of esters is 2. The van der Waals surface area contributed by atoms with E-state index in [4.69, 9.17) is 18.5 Å². The Balaban J connectivity index is 4.03. The summed E-state index contributed by atoms with van der Waals surface area (Å²) in [5.74, 6) is -0.827. The van der Waals surface area contributed by atoms with E-state index in [0.717, 1.165) is 96.3 Å². The van der Waals surface area contributed by atoms with Gasteiger partial charge in [0.1, 0.15) is 19.8 Å². The van der Waals surface area contributed by atoms with Crippen molar-refractivity contribution in [1.29, 1.82) is 0 Å². The van der Waals surface area contributed by atoms with Crippen LogP contribution in [0.4, 0.5) is 0 Å². The molecule has 0 aliphatic heterocycles. The minimum absolute atomic E-state index is 0.0337. The number of nitrogens with zero attached hydrogens (tertiary/aromatic N) is 1. The Morgan fingerprint density at radius 2 is 0.640 bits per heavy atom. The lowest BCUT2D eigenvalue weighted by molar-refractivity contribution is -0.870. The van der Waals surface area contributed by atoms with Gasteiger partial charge in [0.05, 0.1) is 27.7 Å². The molecule has 516 valence electrons. The smallest absolute Gasteiger partial charge is 0.306 e. The number of carbonyl (C=O) groups is 2. The third-order valence-corrected chi connectivity index (χ3v) is 17.3. The van der Waals surface area contributed by atoms with E-state index in [1.165, 1.54) is 212 Å². The molecule has 2 unspecified atom stereocenters. The van der Waals surface area contributed by atoms with Crippen molar-refractivity contribution < 1.29 is 42.1 Å². The van der Waals surface area contributed by atoms with E-state index in [0.29, 0.717) is 17.4 Å². The van der Waals surface area contributed by atoms with Gasteiger partial charge in [-0.05, 0) is 77.0 Å². The molecule has 89 heavy (non-hydrogen) atoms. The van der Waals surface area contributed by atoms with Crippen molar-refractivity contribution in [3.63, 3.8) is 0 Å². The molecule has 2 atom stereocenters. The van der Waals surface area contributed by atoms with Crippen molar-refractivity contribution in [2.75, 3.05) is 47.5 Å². The van der Waals surface area contributed by atoms with Crippen LogP contribution >= 0.6 is 7.82 Å². The third-order valence-electron chi connectivity index (χ3n) is 16.4. The molecule has 0 aromatic rings. The Morgan fingerprint density at radius 1 is 0.360 bits per heavy atom. The van der Waals surface area contributed by atoms with Crippen LogP contribution in [0.3, 0.4) is 0 Å². The molecule has 0 rings (SSSR count). The molecule has 0 N–H and O–H groups in total. The maximum Gasteiger partial charge on any atom is 0.306 e. The van der Waals surface area contributed by atoms with Crippen molar-refractivity contribution >= 4 is 19.8 Å². The van der Waals surface area contributed by atoms with Gasteiger partial charge in [-0.25, -0.2) is 0 Å². The van der Waals surface area contributed by atoms with E-state index >= 15 is 0 Å². The van der Waals surface area contributed by atoms with Gasteiger partial charge in [-0.3, -0.25) is 14.2 Å². The molecule has 0 aromatic carbocycles. The van der Waals surface area contributed by atoms with E-state index in [-0.39, 0.29) is 32.0 Å². The van der Waals surface area contributed by atoms with Crippen molar-refractivity contribution in [2.45, 2.75) is 347 Å². The molecular formula is C79H142NO8P. The average molecular weight is 1260 g/mol. The zero-order chi connectivity index (χ0) is 64.8. The molecular weight excluding hydrogens is 1120 g/mol. The van der Waals surface area contributed by atoms with E-state index < -0.39 is 26.5 Å². The number of ether oxygens (including phenoxy) is 2. The summed E-state index contributed by atoms with van der Waals surface area (Å²) in [6.07, 6.45) is 96.5. The zero-order valence-corrected chi connectivity index (χ0v) is 59.8. The quantitative estimate of drug-likeness (QED) is 0.0195. The number of carbonyl (C=O) groups excluding carboxylic acids is 2. The van der Waals surface area contributed by atoms with E-state index in [9.17, 15) is 19.0 Å². The summed E-state index contributed by atoms with van der Waals surface area (Å²) in [4.78, 5) is 38.1. The number of likely N-dealkylation sites (N-methyl/N-ethyl adjacent to an activating group) is 1. The molecule has 0 spiro atoms. The summed E-state index contributed by atoms with van der Waals surface area (Å²) in [6, 6.07) is 0. The molecule has 0 aromatic heterocycles. The first-order valence-corrected chi connectivity index (χ1v) is 38.9. The topological polar surface area (TPSA) is 111 Å². The van der Waals surface area contributed by atoms with Gasteiger partial charge in [0.15, 0.2) is 6.10 Å². The van der Waals surface area contributed by atoms with Gasteiger partial charge in [0, 0.05) is 12.8 Å². The molecule has 0 aliphatic carbocycles. The van der Waals surface area contributed by atoms with Gasteiger partial charge < -0.3 is 27.9 Å². The fraction of sp³-hybridized carbons (Fsp3) is 0.772. The van der Waals surface area contributed by atoms with Gasteiger partial charge in [-0.15, -0.1) is 0 Å². The molecule has 0 amide bonds. The summed E-state index contributed by atoms with van der Waals surface area (Å²) in [6.45, 7) is 4.17. The van der Waals surface area contributed by atoms with Crippen LogP contribution in [0.1, 0.15) is 341 Å². The highest BCUT2D eigenvalue weighted by atomic mass is 31.2. The minimum atomic E-state index is -4.65. The molecule has 9 nitrogen and oxygen atoms in total. The number of hydrogen-bond acceptors (Lipinski definition) is 8. The summed E-state index contributed by atoms with van der Waals surface area (Å²) in [5, 5.41) is 0. The number of unbranched alkanes of at least 4 members (excludes halogenated alkanes) is 39. The standard InChI is InChI=1S/C79H142NO8P/c1-6-8-10-12-14-16-18-20-22-24-26-28-30-32-34-36-38-39-40-41-42-44-46-48-50-52-54-56-58-60-62-64-66-68-70-72-79(82)88-77(76-87-89(83,84)86-74-73-80(3,4)5)75-85-78(81)71-69-67-65-63-61-59-57-55-53-51-49-47-45-43-37-35-33-31-29-27-25-23-21-19-17-15-13-11-9-7-2/h8,10,14,16,20,22,26,28,32,34,38-39,41-42,46,48,77H,6-7,9,11-13,15,17-19,21,23-25,27,29-31,33,35-37,40,43-45,47,49-76H2,1-5H3/b10-8-,16-14-,22-20-,28-26-,34-32-,39-38-,42-41-,48-46-. The summed E-state index contributed by atoms with van der Waals surface area (Å²) < 4.78 is 34.4. The highest BCUT2D eigenvalue weighted by Gasteiger charge is 2.22. The first-order valence-electron chi connectivity index (χ1n) is 37.4. The molecule has 0 fully saturated rings. The highest BCUT2D eigenvalue weighted by molar-refractivity contribution is 7.45. The maximum absolute atomic E-state index is 12.9. The maximum atomic E-state index is 12.9. The predicted molar refractivity (Wildman–Crippen MR) is 383 cm³/mol. The van der Waals surface area contributed by atoms with Crippen LogP contribution in [0.15, 0.2) is 97.2 Å². The largest absolute Gasteiger partial charge is 0.756 e. The van der Waals surface area contributed by atoms with Gasteiger partial charge in [0.25, 0.3) is 7.82 Å². The van der Waals surface area contributed by atoms with E-state index in [1.54, 1.807) is 0 Å². The van der Waals surface area contributed by atoms with Crippen molar-refractivity contribution in [2.24, 2.45) is 0 Å². The lowest BCUT2D eigenvalue weighted by Gasteiger charge is -2.28. The number of phosphoric ester groups is 1. The van der Waals surface area contributed by atoms with Crippen LogP contribution in [0.25, 0.3) is 0 Å². The van der Waals surface area contributed by atoms with E-state index in [2.05, 4.69) is 111 Å². The van der Waals surface area contributed by atoms with Crippen molar-refractivity contribution in [3.8, 4) is 0 Å². The van der Waals surface area contributed by atoms with Gasteiger partial charge in [-0.2, -0.15) is 0 Å². The van der Waals surface area contributed by atoms with Crippen LogP contribution < -0.4 is 4.89 Å². The molecule has 0 saturated heterocycles. The van der Waals surface area contributed by atoms with Crippen LogP contribution in [-0.2, 0) is 32.7 Å². The van der Waals surface area contributed by atoms with Gasteiger partial charge in [-0.1, -0.05) is 349 Å². The SMILES string of the molecule is CC/C=C\C/C=C\C/C=C\C/C=C\C/C=C\C/C=C\C/C=C\C/C=C\CCCCCCCCCCCCC(=O)OC(COC(=O)CCCCCCCCCCCCCCCCCCCCCCCCCCCCCCCC)COP(=O)([O-])OCC[N+](C)(C)C. The Hall–Kier alpha value is -3.07. The predicted octanol–water partition coefficient (Wildman–Crippen LogP) is 24.0. The van der Waals surface area contributed by atoms with Crippen LogP contribution in [0.2, 0.25) is 0 Å². The fourth-order valence-corrected chi connectivity index (χ4v) is 11.4. The molecule has 0 aliphatic rings. The monoisotopic (exact) mass is 1260 g/mol. The molecule has 0 heterocycles. The Kier molecular flexibility index (Phi) is 66.9. The van der Waals surface area contributed by atoms with E-state index in [1.807, 2.05) is 21.1 Å². The number of phosphoric acid groups is 1. The second-order valence-corrected chi connectivity index (χ2v) is 27.7. The lowest BCUT2D eigenvalue weighted by Crippen LogP contribution is -2.37. The van der Waals surface area contributed by atoms with Crippen LogP contribution in [0.5, 0.6) is 0 Å². The Morgan fingerprint density at radius 3 is 0.955 bits per heavy atom. The fourth-order valence-electron chi connectivity index (χ4n) is 10.7. The number of rotatable bonds is 69. The Labute approximate surface area is 551 Å². The lowest BCUT2D eigenvalue weighted by atomic mass is 10.0. The number of hydrogen-bond donors (Lipinski definition) is 0. The summed E-state index contributed by atoms with van der Waals surface area (Å²) >= 11 is 0.